The van der Waals surface area contributed by atoms with Crippen LogP contribution in [0.2, 0.25) is 0 Å². The molecule has 0 aromatic rings. The fourth-order valence-corrected chi connectivity index (χ4v) is 3.10. The van der Waals surface area contributed by atoms with Gasteiger partial charge in [0, 0.05) is 10.7 Å². The molecule has 0 bridgehead atoms. The zero-order valence-corrected chi connectivity index (χ0v) is 10.2. The Morgan fingerprint density at radius 1 is 1.15 bits per heavy atom. The van der Waals surface area contributed by atoms with Gasteiger partial charge in [0.25, 0.3) is 0 Å². The van der Waals surface area contributed by atoms with Gasteiger partial charge in [-0.05, 0) is 23.2 Å². The summed E-state index contributed by atoms with van der Waals surface area (Å²) in [5.74, 6) is 0.583. The van der Waals surface area contributed by atoms with Crippen molar-refractivity contribution in [2.24, 2.45) is 16.7 Å². The van der Waals surface area contributed by atoms with Gasteiger partial charge in [0.2, 0.25) is 9.05 Å². The predicted octanol–water partition coefficient (Wildman–Crippen LogP) is 2.63. The van der Waals surface area contributed by atoms with Gasteiger partial charge in [0.05, 0.1) is 5.75 Å². The van der Waals surface area contributed by atoms with E-state index in [1.165, 1.54) is 0 Å². The van der Waals surface area contributed by atoms with Gasteiger partial charge in [-0.3, -0.25) is 0 Å². The molecule has 1 aliphatic carbocycles. The molecule has 0 aromatic heterocycles. The largest absolute Gasteiger partial charge is 0.232 e. The molecular formula is C9H17ClO2S. The molecule has 1 saturated carbocycles. The monoisotopic (exact) mass is 224 g/mol. The normalized spacial score (nSPS) is 25.9. The second-order valence-electron chi connectivity index (χ2n) is 5.03. The second kappa shape index (κ2) is 2.86. The highest BCUT2D eigenvalue weighted by atomic mass is 35.7. The molecule has 0 radical (unpaired) electrons. The van der Waals surface area contributed by atoms with Crippen molar-refractivity contribution in [3.05, 3.63) is 0 Å². The zero-order valence-electron chi connectivity index (χ0n) is 8.59. The summed E-state index contributed by atoms with van der Waals surface area (Å²) in [5.41, 5.74) is 0.517. The Kier molecular flexibility index (Phi) is 2.49. The van der Waals surface area contributed by atoms with Crippen LogP contribution in [0.15, 0.2) is 0 Å². The molecule has 0 N–H and O–H groups in total. The van der Waals surface area contributed by atoms with Crippen molar-refractivity contribution in [2.45, 2.75) is 34.1 Å². The van der Waals surface area contributed by atoms with E-state index in [1.807, 2.05) is 0 Å². The highest BCUT2D eigenvalue weighted by Crippen LogP contribution is 2.69. The molecule has 13 heavy (non-hydrogen) atoms. The molecule has 1 aliphatic rings. The van der Waals surface area contributed by atoms with Gasteiger partial charge in [-0.15, -0.1) is 0 Å². The Morgan fingerprint density at radius 3 is 1.77 bits per heavy atom. The average Bonchev–Trinajstić information content (AvgIpc) is 2.19. The summed E-state index contributed by atoms with van der Waals surface area (Å²) in [7, 11) is 1.86. The summed E-state index contributed by atoms with van der Waals surface area (Å²) >= 11 is 0. The quantitative estimate of drug-likeness (QED) is 0.691. The minimum atomic E-state index is -3.31. The molecule has 0 unspecified atom stereocenters. The van der Waals surface area contributed by atoms with E-state index in [2.05, 4.69) is 27.7 Å². The van der Waals surface area contributed by atoms with Crippen molar-refractivity contribution in [2.75, 3.05) is 5.75 Å². The Morgan fingerprint density at radius 2 is 1.54 bits per heavy atom. The third-order valence-electron chi connectivity index (χ3n) is 3.97. The van der Waals surface area contributed by atoms with E-state index in [1.54, 1.807) is 0 Å². The second-order valence-corrected chi connectivity index (χ2v) is 7.92. The van der Waals surface area contributed by atoms with Gasteiger partial charge in [-0.1, -0.05) is 27.7 Å². The smallest absolute Gasteiger partial charge is 0.212 e. The molecule has 0 aromatic carbocycles. The van der Waals surface area contributed by atoms with Crippen LogP contribution in [-0.2, 0) is 9.05 Å². The SMILES string of the molecule is CC1(C)C(CCS(=O)(=O)Cl)C1(C)C. The van der Waals surface area contributed by atoms with Crippen LogP contribution in [0.25, 0.3) is 0 Å². The number of hydrogen-bond donors (Lipinski definition) is 0. The third-order valence-corrected chi connectivity index (χ3v) is 5.16. The molecule has 0 atom stereocenters. The molecule has 1 rings (SSSR count). The first-order valence-electron chi connectivity index (χ1n) is 4.51. The highest BCUT2D eigenvalue weighted by Gasteiger charge is 2.63. The summed E-state index contributed by atoms with van der Waals surface area (Å²) in [6, 6.07) is 0. The van der Waals surface area contributed by atoms with Crippen molar-refractivity contribution in [1.29, 1.82) is 0 Å². The zero-order chi connectivity index (χ0) is 10.5. The van der Waals surface area contributed by atoms with Crippen molar-refractivity contribution >= 4 is 19.7 Å². The van der Waals surface area contributed by atoms with E-state index < -0.39 is 9.05 Å². The standard InChI is InChI=1S/C9H17ClO2S/c1-8(2)7(9(8,3)4)5-6-13(10,11)12/h7H,5-6H2,1-4H3. The van der Waals surface area contributed by atoms with Gasteiger partial charge in [-0.25, -0.2) is 8.42 Å². The van der Waals surface area contributed by atoms with Gasteiger partial charge >= 0.3 is 0 Å². The summed E-state index contributed by atoms with van der Waals surface area (Å²) in [6.45, 7) is 8.72. The van der Waals surface area contributed by atoms with Crippen molar-refractivity contribution in [3.63, 3.8) is 0 Å². The van der Waals surface area contributed by atoms with Crippen molar-refractivity contribution in [1.82, 2.24) is 0 Å². The minimum absolute atomic E-state index is 0.103. The first kappa shape index (κ1) is 11.3. The van der Waals surface area contributed by atoms with E-state index in [4.69, 9.17) is 10.7 Å². The highest BCUT2D eigenvalue weighted by molar-refractivity contribution is 8.13. The summed E-state index contributed by atoms with van der Waals surface area (Å²) in [6.07, 6.45) is 0.686. The lowest BCUT2D eigenvalue weighted by Gasteiger charge is -2.04. The molecule has 0 saturated heterocycles. The van der Waals surface area contributed by atoms with Crippen LogP contribution in [0.3, 0.4) is 0 Å². The summed E-state index contributed by atoms with van der Waals surface area (Å²) in [5, 5.41) is 0. The van der Waals surface area contributed by atoms with E-state index in [0.29, 0.717) is 12.3 Å². The molecule has 1 fully saturated rings. The average molecular weight is 225 g/mol. The maximum absolute atomic E-state index is 10.8. The Bertz CT molecular complexity index is 290. The number of halogens is 1. The lowest BCUT2D eigenvalue weighted by atomic mass is 10.0. The van der Waals surface area contributed by atoms with E-state index in [-0.39, 0.29) is 16.6 Å². The lowest BCUT2D eigenvalue weighted by molar-refractivity contribution is 0.457. The van der Waals surface area contributed by atoms with Gasteiger partial charge in [0.15, 0.2) is 0 Å². The first-order valence-corrected chi connectivity index (χ1v) is 6.99. The molecule has 4 heteroatoms. The number of rotatable bonds is 3. The third kappa shape index (κ3) is 2.01. The van der Waals surface area contributed by atoms with Gasteiger partial charge < -0.3 is 0 Å². The van der Waals surface area contributed by atoms with E-state index in [9.17, 15) is 8.42 Å². The molecule has 0 spiro atoms. The van der Waals surface area contributed by atoms with E-state index in [0.717, 1.165) is 0 Å². The molecule has 2 nitrogen and oxygen atoms in total. The van der Waals surface area contributed by atoms with Crippen molar-refractivity contribution < 1.29 is 8.42 Å². The van der Waals surface area contributed by atoms with Crippen LogP contribution >= 0.6 is 10.7 Å². The minimum Gasteiger partial charge on any atom is -0.212 e. The van der Waals surface area contributed by atoms with Crippen LogP contribution in [0.5, 0.6) is 0 Å². The number of hydrogen-bond acceptors (Lipinski definition) is 2. The van der Waals surface area contributed by atoms with E-state index >= 15 is 0 Å². The molecule has 78 valence electrons. The maximum atomic E-state index is 10.8. The Labute approximate surface area is 85.1 Å². The van der Waals surface area contributed by atoms with Crippen LogP contribution in [0, 0.1) is 16.7 Å². The van der Waals surface area contributed by atoms with Crippen LogP contribution < -0.4 is 0 Å². The van der Waals surface area contributed by atoms with Crippen LogP contribution in [0.4, 0.5) is 0 Å². The molecule has 0 heterocycles. The summed E-state index contributed by atoms with van der Waals surface area (Å²) in [4.78, 5) is 0. The fraction of sp³-hybridized carbons (Fsp3) is 1.00. The maximum Gasteiger partial charge on any atom is 0.232 e. The molecule has 0 amide bonds. The Balaban J connectivity index is 2.53. The first-order chi connectivity index (χ1) is 5.59. The molecular weight excluding hydrogens is 208 g/mol. The van der Waals surface area contributed by atoms with Crippen molar-refractivity contribution in [3.8, 4) is 0 Å². The Hall–Kier alpha value is 0.240. The van der Waals surface area contributed by atoms with Crippen LogP contribution in [0.1, 0.15) is 34.1 Å². The fourth-order valence-electron chi connectivity index (χ4n) is 2.31. The lowest BCUT2D eigenvalue weighted by Crippen LogP contribution is -2.01. The van der Waals surface area contributed by atoms with Crippen LogP contribution in [-0.4, -0.2) is 14.2 Å². The topological polar surface area (TPSA) is 34.1 Å². The summed E-state index contributed by atoms with van der Waals surface area (Å²) < 4.78 is 21.5. The van der Waals surface area contributed by atoms with Gasteiger partial charge in [-0.2, -0.15) is 0 Å². The molecule has 0 aliphatic heterocycles. The van der Waals surface area contributed by atoms with Gasteiger partial charge in [0.1, 0.15) is 0 Å². The predicted molar refractivity (Wildman–Crippen MR) is 55.3 cm³/mol.